The third kappa shape index (κ3) is 2.51. The molecule has 1 unspecified atom stereocenters. The van der Waals surface area contributed by atoms with Crippen LogP contribution in [0.3, 0.4) is 0 Å². The molecule has 0 radical (unpaired) electrons. The van der Waals surface area contributed by atoms with E-state index in [-0.39, 0.29) is 5.56 Å². The molecule has 3 nitrogen and oxygen atoms in total. The predicted molar refractivity (Wildman–Crippen MR) is 69.7 cm³/mol. The van der Waals surface area contributed by atoms with Crippen LogP contribution < -0.4 is 5.73 Å². The van der Waals surface area contributed by atoms with Crippen LogP contribution in [0.2, 0.25) is 0 Å². The first-order valence-electron chi connectivity index (χ1n) is 6.10. The van der Waals surface area contributed by atoms with Gasteiger partial charge >= 0.3 is 0 Å². The molecule has 5 heteroatoms. The van der Waals surface area contributed by atoms with Crippen molar-refractivity contribution in [3.05, 3.63) is 52.3 Å². The molecule has 0 aliphatic carbocycles. The summed E-state index contributed by atoms with van der Waals surface area (Å²) in [6.45, 7) is 3.78. The fourth-order valence-electron chi connectivity index (χ4n) is 2.30. The highest BCUT2D eigenvalue weighted by Gasteiger charge is 2.20. The van der Waals surface area contributed by atoms with E-state index in [0.29, 0.717) is 6.42 Å². The van der Waals surface area contributed by atoms with Crippen molar-refractivity contribution in [2.75, 3.05) is 0 Å². The summed E-state index contributed by atoms with van der Waals surface area (Å²) in [6.07, 6.45) is 0.364. The number of nitrogens with zero attached hydrogens (tertiary/aromatic N) is 2. The third-order valence-corrected chi connectivity index (χ3v) is 3.45. The maximum absolute atomic E-state index is 13.7. The minimum Gasteiger partial charge on any atom is -0.323 e. The van der Waals surface area contributed by atoms with Crippen molar-refractivity contribution in [1.82, 2.24) is 9.78 Å². The second-order valence-corrected chi connectivity index (χ2v) is 4.72. The Morgan fingerprint density at radius 1 is 1.26 bits per heavy atom. The van der Waals surface area contributed by atoms with Crippen molar-refractivity contribution in [1.29, 1.82) is 0 Å². The second kappa shape index (κ2) is 5.09. The third-order valence-electron chi connectivity index (χ3n) is 3.45. The van der Waals surface area contributed by atoms with Gasteiger partial charge in [-0.15, -0.1) is 0 Å². The van der Waals surface area contributed by atoms with Crippen molar-refractivity contribution in [2.24, 2.45) is 12.8 Å². The lowest BCUT2D eigenvalue weighted by Gasteiger charge is -2.14. The molecule has 1 aromatic carbocycles. The quantitative estimate of drug-likeness (QED) is 0.927. The first-order valence-corrected chi connectivity index (χ1v) is 6.10. The molecule has 1 atom stereocenters. The average Bonchev–Trinajstić information content (AvgIpc) is 2.56. The van der Waals surface area contributed by atoms with Crippen LogP contribution in [0, 0.1) is 25.5 Å². The average molecular weight is 265 g/mol. The van der Waals surface area contributed by atoms with Crippen molar-refractivity contribution >= 4 is 0 Å². The molecule has 2 N–H and O–H groups in total. The van der Waals surface area contributed by atoms with Crippen LogP contribution in [-0.2, 0) is 13.5 Å². The molecular weight excluding hydrogens is 248 g/mol. The number of aryl methyl sites for hydroxylation is 2. The van der Waals surface area contributed by atoms with Gasteiger partial charge in [0.05, 0.1) is 5.69 Å². The number of nitrogens with two attached hydrogens (primary N) is 1. The Kier molecular flexibility index (Phi) is 3.66. The zero-order valence-corrected chi connectivity index (χ0v) is 11.2. The van der Waals surface area contributed by atoms with Gasteiger partial charge in [0, 0.05) is 24.3 Å². The van der Waals surface area contributed by atoms with Crippen LogP contribution >= 0.6 is 0 Å². The van der Waals surface area contributed by atoms with Gasteiger partial charge in [0.15, 0.2) is 0 Å². The molecule has 0 amide bonds. The molecule has 2 aromatic rings. The van der Waals surface area contributed by atoms with Gasteiger partial charge < -0.3 is 5.73 Å². The van der Waals surface area contributed by atoms with Crippen molar-refractivity contribution in [3.63, 3.8) is 0 Å². The summed E-state index contributed by atoms with van der Waals surface area (Å²) in [6, 6.07) is 3.06. The molecule has 1 aromatic heterocycles. The first-order chi connectivity index (χ1) is 8.91. The van der Waals surface area contributed by atoms with E-state index in [4.69, 9.17) is 5.73 Å². The van der Waals surface area contributed by atoms with Crippen LogP contribution in [0.25, 0.3) is 0 Å². The van der Waals surface area contributed by atoms with Gasteiger partial charge in [-0.2, -0.15) is 5.10 Å². The van der Waals surface area contributed by atoms with Gasteiger partial charge in [0.25, 0.3) is 0 Å². The van der Waals surface area contributed by atoms with E-state index in [1.54, 1.807) is 4.68 Å². The number of hydrogen-bond acceptors (Lipinski definition) is 2. The van der Waals surface area contributed by atoms with Crippen molar-refractivity contribution in [2.45, 2.75) is 26.3 Å². The van der Waals surface area contributed by atoms with Crippen molar-refractivity contribution < 1.29 is 8.78 Å². The summed E-state index contributed by atoms with van der Waals surface area (Å²) in [5, 5.41) is 4.28. The zero-order valence-electron chi connectivity index (χ0n) is 11.2. The minimum atomic E-state index is -0.720. The summed E-state index contributed by atoms with van der Waals surface area (Å²) in [7, 11) is 1.83. The summed E-state index contributed by atoms with van der Waals surface area (Å²) >= 11 is 0. The SMILES string of the molecule is Cc1nn(C)c(C)c1CC(N)c1c(F)cccc1F. The fourth-order valence-corrected chi connectivity index (χ4v) is 2.30. The standard InChI is InChI=1S/C14H17F2N3/c1-8-10(9(2)19(3)18-8)7-13(17)14-11(15)5-4-6-12(14)16/h4-6,13H,7,17H2,1-3H3. The van der Waals surface area contributed by atoms with E-state index in [1.807, 2.05) is 20.9 Å². The van der Waals surface area contributed by atoms with Gasteiger partial charge in [-0.05, 0) is 38.0 Å². The van der Waals surface area contributed by atoms with E-state index < -0.39 is 17.7 Å². The molecule has 0 fully saturated rings. The molecule has 0 aliphatic rings. The first kappa shape index (κ1) is 13.7. The van der Waals surface area contributed by atoms with Crippen LogP contribution in [0.15, 0.2) is 18.2 Å². The highest BCUT2D eigenvalue weighted by molar-refractivity contribution is 5.30. The monoisotopic (exact) mass is 265 g/mol. The van der Waals surface area contributed by atoms with Gasteiger partial charge in [-0.3, -0.25) is 4.68 Å². The minimum absolute atomic E-state index is 0.0647. The Labute approximate surface area is 111 Å². The van der Waals surface area contributed by atoms with E-state index >= 15 is 0 Å². The van der Waals surface area contributed by atoms with Gasteiger partial charge in [-0.25, -0.2) is 8.78 Å². The lowest BCUT2D eigenvalue weighted by Crippen LogP contribution is -2.17. The number of benzene rings is 1. The van der Waals surface area contributed by atoms with Crippen LogP contribution in [-0.4, -0.2) is 9.78 Å². The normalized spacial score (nSPS) is 12.7. The molecule has 0 saturated carbocycles. The van der Waals surface area contributed by atoms with E-state index in [1.165, 1.54) is 18.2 Å². The zero-order chi connectivity index (χ0) is 14.2. The summed E-state index contributed by atoms with van der Waals surface area (Å²) in [5.41, 5.74) is 8.64. The highest BCUT2D eigenvalue weighted by Crippen LogP contribution is 2.24. The predicted octanol–water partition coefficient (Wildman–Crippen LogP) is 2.56. The lowest BCUT2D eigenvalue weighted by molar-refractivity contribution is 0.524. The molecule has 0 bridgehead atoms. The van der Waals surface area contributed by atoms with Crippen LogP contribution in [0.4, 0.5) is 8.78 Å². The number of rotatable bonds is 3. The smallest absolute Gasteiger partial charge is 0.130 e. The highest BCUT2D eigenvalue weighted by atomic mass is 19.1. The Hall–Kier alpha value is -1.75. The Morgan fingerprint density at radius 2 is 1.84 bits per heavy atom. The molecule has 19 heavy (non-hydrogen) atoms. The maximum Gasteiger partial charge on any atom is 0.130 e. The summed E-state index contributed by atoms with van der Waals surface area (Å²) in [5.74, 6) is -1.21. The molecular formula is C14H17F2N3. The molecule has 0 saturated heterocycles. The second-order valence-electron chi connectivity index (χ2n) is 4.72. The maximum atomic E-state index is 13.7. The summed E-state index contributed by atoms with van der Waals surface area (Å²) < 4.78 is 29.1. The number of hydrogen-bond donors (Lipinski definition) is 1. The molecule has 2 rings (SSSR count). The molecule has 102 valence electrons. The molecule has 0 aliphatic heterocycles. The number of aromatic nitrogens is 2. The number of halogens is 2. The van der Waals surface area contributed by atoms with Gasteiger partial charge in [0.2, 0.25) is 0 Å². The molecule has 0 spiro atoms. The Balaban J connectivity index is 2.33. The van der Waals surface area contributed by atoms with E-state index in [0.717, 1.165) is 17.0 Å². The van der Waals surface area contributed by atoms with E-state index in [9.17, 15) is 8.78 Å². The summed E-state index contributed by atoms with van der Waals surface area (Å²) in [4.78, 5) is 0. The van der Waals surface area contributed by atoms with Crippen LogP contribution in [0.5, 0.6) is 0 Å². The molecule has 1 heterocycles. The van der Waals surface area contributed by atoms with Crippen LogP contribution in [0.1, 0.15) is 28.6 Å². The van der Waals surface area contributed by atoms with Crippen molar-refractivity contribution in [3.8, 4) is 0 Å². The Morgan fingerprint density at radius 3 is 2.32 bits per heavy atom. The topological polar surface area (TPSA) is 43.8 Å². The van der Waals surface area contributed by atoms with Gasteiger partial charge in [0.1, 0.15) is 11.6 Å². The largest absolute Gasteiger partial charge is 0.323 e. The van der Waals surface area contributed by atoms with E-state index in [2.05, 4.69) is 5.10 Å². The Bertz CT molecular complexity index is 585. The fraction of sp³-hybridized carbons (Fsp3) is 0.357. The van der Waals surface area contributed by atoms with Gasteiger partial charge in [-0.1, -0.05) is 6.07 Å². The lowest BCUT2D eigenvalue weighted by atomic mass is 9.97.